The summed E-state index contributed by atoms with van der Waals surface area (Å²) in [6.45, 7) is 1.67. The van der Waals surface area contributed by atoms with Crippen LogP contribution >= 0.6 is 0 Å². The number of esters is 1. The van der Waals surface area contributed by atoms with Crippen molar-refractivity contribution < 1.29 is 28.7 Å². The lowest BCUT2D eigenvalue weighted by atomic mass is 10.1. The molecule has 0 aliphatic carbocycles. The van der Waals surface area contributed by atoms with Gasteiger partial charge in [0.2, 0.25) is 6.10 Å². The highest BCUT2D eigenvalue weighted by molar-refractivity contribution is 6.04. The van der Waals surface area contributed by atoms with Crippen LogP contribution in [-0.2, 0) is 19.1 Å². The van der Waals surface area contributed by atoms with Crippen molar-refractivity contribution in [3.8, 4) is 5.75 Å². The molecule has 10 nitrogen and oxygen atoms in total. The highest BCUT2D eigenvalue weighted by Crippen LogP contribution is 2.39. The Kier molecular flexibility index (Phi) is 6.03. The number of rotatable bonds is 7. The van der Waals surface area contributed by atoms with Gasteiger partial charge in [0.15, 0.2) is 5.75 Å². The van der Waals surface area contributed by atoms with Crippen molar-refractivity contribution in [2.45, 2.75) is 19.1 Å². The van der Waals surface area contributed by atoms with E-state index in [0.29, 0.717) is 5.56 Å². The maximum absolute atomic E-state index is 13.2. The van der Waals surface area contributed by atoms with Crippen molar-refractivity contribution in [2.24, 2.45) is 0 Å². The number of carbonyl (C=O) groups is 2. The van der Waals surface area contributed by atoms with E-state index in [1.807, 2.05) is 0 Å². The lowest BCUT2D eigenvalue weighted by Crippen LogP contribution is -2.50. The molecule has 0 N–H and O–H groups in total. The van der Waals surface area contributed by atoms with Crippen LogP contribution in [0.25, 0.3) is 0 Å². The Hall–Kier alpha value is -3.53. The minimum atomic E-state index is -1.08. The van der Waals surface area contributed by atoms with Crippen molar-refractivity contribution in [3.05, 3.63) is 58.1 Å². The molecule has 1 amide bonds. The van der Waals surface area contributed by atoms with Gasteiger partial charge < -0.3 is 24.3 Å². The molecule has 1 aliphatic heterocycles. The number of pyridine rings is 1. The van der Waals surface area contributed by atoms with Gasteiger partial charge in [0, 0.05) is 18.7 Å². The summed E-state index contributed by atoms with van der Waals surface area (Å²) in [4.78, 5) is 41.1. The maximum Gasteiger partial charge on any atom is 0.366 e. The van der Waals surface area contributed by atoms with Gasteiger partial charge >= 0.3 is 11.8 Å². The number of hydrogen-bond donors (Lipinski definition) is 0. The third kappa shape index (κ3) is 4.16. The molecule has 0 radical (unpaired) electrons. The lowest BCUT2D eigenvalue weighted by Gasteiger charge is -2.33. The van der Waals surface area contributed by atoms with Crippen LogP contribution in [0.15, 0.2) is 42.5 Å². The summed E-state index contributed by atoms with van der Waals surface area (Å²) in [6.07, 6.45) is -1.03. The van der Waals surface area contributed by atoms with Crippen molar-refractivity contribution in [1.82, 2.24) is 4.98 Å². The minimum Gasteiger partial charge on any atom is -0.469 e. The first-order valence-electron chi connectivity index (χ1n) is 8.79. The van der Waals surface area contributed by atoms with E-state index < -0.39 is 34.8 Å². The van der Waals surface area contributed by atoms with Crippen LogP contribution < -0.4 is 9.64 Å². The Morgan fingerprint density at radius 1 is 1.28 bits per heavy atom. The van der Waals surface area contributed by atoms with Crippen molar-refractivity contribution in [1.29, 1.82) is 0 Å². The molecule has 10 heteroatoms. The highest BCUT2D eigenvalue weighted by atomic mass is 16.6. The molecule has 29 heavy (non-hydrogen) atoms. The second-order valence-electron chi connectivity index (χ2n) is 6.20. The van der Waals surface area contributed by atoms with E-state index in [9.17, 15) is 19.7 Å². The van der Waals surface area contributed by atoms with E-state index in [1.165, 1.54) is 26.2 Å². The van der Waals surface area contributed by atoms with Gasteiger partial charge in [0.1, 0.15) is 12.6 Å². The summed E-state index contributed by atoms with van der Waals surface area (Å²) < 4.78 is 15.7. The van der Waals surface area contributed by atoms with Gasteiger partial charge in [-0.3, -0.25) is 9.69 Å². The standard InChI is InChI=1S/C19H19N3O7/c1-12(19(24)28-11-10-27-2)21-17-14(8-9-15(20-17)22(25)26)29-16(18(21)23)13-6-4-3-5-7-13/h3-9,12,16H,10-11H2,1-2H3. The summed E-state index contributed by atoms with van der Waals surface area (Å²) in [5, 5.41) is 11.1. The molecule has 152 valence electrons. The zero-order valence-corrected chi connectivity index (χ0v) is 15.8. The Morgan fingerprint density at radius 2 is 2.00 bits per heavy atom. The monoisotopic (exact) mass is 401 g/mol. The topological polar surface area (TPSA) is 121 Å². The number of carbonyl (C=O) groups excluding carboxylic acids is 2. The molecule has 0 spiro atoms. The molecule has 2 aromatic rings. The van der Waals surface area contributed by atoms with Gasteiger partial charge in [-0.15, -0.1) is 0 Å². The quantitative estimate of drug-likeness (QED) is 0.299. The Bertz CT molecular complexity index is 919. The molecule has 0 saturated carbocycles. The first kappa shape index (κ1) is 20.2. The molecule has 1 aromatic carbocycles. The molecule has 0 bridgehead atoms. The summed E-state index contributed by atoms with van der Waals surface area (Å²) >= 11 is 0. The van der Waals surface area contributed by atoms with Crippen molar-refractivity contribution in [2.75, 3.05) is 25.2 Å². The summed E-state index contributed by atoms with van der Waals surface area (Å²) in [7, 11) is 1.46. The largest absolute Gasteiger partial charge is 0.469 e. The number of aromatic nitrogens is 1. The number of benzene rings is 1. The molecular weight excluding hydrogens is 382 g/mol. The fourth-order valence-electron chi connectivity index (χ4n) is 2.86. The number of anilines is 1. The first-order chi connectivity index (χ1) is 13.9. The van der Waals surface area contributed by atoms with E-state index in [-0.39, 0.29) is 24.8 Å². The number of hydrogen-bond acceptors (Lipinski definition) is 8. The fraction of sp³-hybridized carbons (Fsp3) is 0.316. The van der Waals surface area contributed by atoms with Crippen LogP contribution in [-0.4, -0.2) is 48.1 Å². The highest BCUT2D eigenvalue weighted by Gasteiger charge is 2.44. The second-order valence-corrected chi connectivity index (χ2v) is 6.20. The number of fused-ring (bicyclic) bond motifs is 1. The van der Waals surface area contributed by atoms with Crippen LogP contribution in [0.3, 0.4) is 0 Å². The Labute approximate surface area is 166 Å². The van der Waals surface area contributed by atoms with E-state index in [2.05, 4.69) is 4.98 Å². The summed E-state index contributed by atoms with van der Waals surface area (Å²) in [5.74, 6) is -1.69. The van der Waals surface area contributed by atoms with Gasteiger partial charge in [-0.2, -0.15) is 0 Å². The lowest BCUT2D eigenvalue weighted by molar-refractivity contribution is -0.389. The van der Waals surface area contributed by atoms with Gasteiger partial charge in [-0.05, 0) is 22.9 Å². The van der Waals surface area contributed by atoms with Crippen LogP contribution in [0, 0.1) is 10.1 Å². The molecule has 2 unspecified atom stereocenters. The molecular formula is C19H19N3O7. The van der Waals surface area contributed by atoms with Crippen LogP contribution in [0.4, 0.5) is 11.6 Å². The van der Waals surface area contributed by atoms with Crippen LogP contribution in [0.5, 0.6) is 5.75 Å². The molecule has 3 rings (SSSR count). The third-order valence-corrected chi connectivity index (χ3v) is 4.31. The number of nitrogens with zero attached hydrogens (tertiary/aromatic N) is 3. The number of methoxy groups -OCH3 is 1. The average molecular weight is 401 g/mol. The van der Waals surface area contributed by atoms with E-state index >= 15 is 0 Å². The zero-order valence-electron chi connectivity index (χ0n) is 15.8. The predicted octanol–water partition coefficient (Wildman–Crippen LogP) is 2.03. The Morgan fingerprint density at radius 3 is 2.66 bits per heavy atom. The predicted molar refractivity (Wildman–Crippen MR) is 100 cm³/mol. The zero-order chi connectivity index (χ0) is 21.0. The number of nitro groups is 1. The maximum atomic E-state index is 13.2. The number of amides is 1. The van der Waals surface area contributed by atoms with Gasteiger partial charge in [-0.25, -0.2) is 4.79 Å². The minimum absolute atomic E-state index is 0.00947. The molecule has 1 aromatic heterocycles. The second kappa shape index (κ2) is 8.65. The average Bonchev–Trinajstić information content (AvgIpc) is 2.73. The van der Waals surface area contributed by atoms with Crippen molar-refractivity contribution >= 4 is 23.5 Å². The smallest absolute Gasteiger partial charge is 0.366 e. The van der Waals surface area contributed by atoms with Crippen LogP contribution in [0.1, 0.15) is 18.6 Å². The third-order valence-electron chi connectivity index (χ3n) is 4.31. The molecule has 2 atom stereocenters. The van der Waals surface area contributed by atoms with E-state index in [0.717, 1.165) is 4.90 Å². The SMILES string of the molecule is COCCOC(=O)C(C)N1C(=O)C(c2ccccc2)Oc2ccc([N+](=O)[O-])nc21. The number of ether oxygens (including phenoxy) is 3. The molecule has 1 aliphatic rings. The normalized spacial score (nSPS) is 16.6. The molecule has 0 saturated heterocycles. The Balaban J connectivity index is 2.01. The molecule has 2 heterocycles. The van der Waals surface area contributed by atoms with Gasteiger partial charge in [-0.1, -0.05) is 30.3 Å². The van der Waals surface area contributed by atoms with Gasteiger partial charge in [0.25, 0.3) is 11.7 Å². The van der Waals surface area contributed by atoms with Crippen molar-refractivity contribution in [3.63, 3.8) is 0 Å². The fourth-order valence-corrected chi connectivity index (χ4v) is 2.86. The van der Waals surface area contributed by atoms with Gasteiger partial charge in [0.05, 0.1) is 6.61 Å². The molecule has 0 fully saturated rings. The van der Waals surface area contributed by atoms with E-state index in [1.54, 1.807) is 30.3 Å². The van der Waals surface area contributed by atoms with Crippen LogP contribution in [0.2, 0.25) is 0 Å². The first-order valence-corrected chi connectivity index (χ1v) is 8.79. The summed E-state index contributed by atoms with van der Waals surface area (Å²) in [6, 6.07) is 10.2. The summed E-state index contributed by atoms with van der Waals surface area (Å²) in [5.41, 5.74) is 0.575. The van der Waals surface area contributed by atoms with E-state index in [4.69, 9.17) is 14.2 Å².